The molecule has 1 amide bonds. The third-order valence-corrected chi connectivity index (χ3v) is 4.33. The minimum atomic E-state index is -0.0504. The van der Waals surface area contributed by atoms with Gasteiger partial charge in [-0.05, 0) is 25.1 Å². The molecule has 6 nitrogen and oxygen atoms in total. The fraction of sp³-hybridized carbons (Fsp3) is 0.533. The minimum absolute atomic E-state index is 0.0289. The van der Waals surface area contributed by atoms with E-state index in [0.717, 1.165) is 49.8 Å². The van der Waals surface area contributed by atoms with Crippen molar-refractivity contribution in [3.8, 4) is 5.75 Å². The third kappa shape index (κ3) is 2.34. The van der Waals surface area contributed by atoms with Crippen LogP contribution in [-0.2, 0) is 9.53 Å². The zero-order chi connectivity index (χ0) is 14.2. The molecule has 4 rings (SSSR count). The molecule has 2 N–H and O–H groups in total. The van der Waals surface area contributed by atoms with Crippen molar-refractivity contribution in [1.82, 2.24) is 5.32 Å². The Bertz CT molecular complexity index is 555. The molecule has 6 heteroatoms. The maximum absolute atomic E-state index is 11.9. The van der Waals surface area contributed by atoms with Crippen LogP contribution >= 0.6 is 0 Å². The molecule has 0 spiro atoms. The molecular formula is C15H19N3O3. The fourth-order valence-corrected chi connectivity index (χ4v) is 2.84. The first kappa shape index (κ1) is 12.9. The normalized spacial score (nSPS) is 24.4. The SMILES string of the molecule is O=C(Nc1ccc2c(c1)OCCN2C1COC1)C1CCN1. The molecule has 1 aromatic rings. The second-order valence-electron chi connectivity index (χ2n) is 5.70. The third-order valence-electron chi connectivity index (χ3n) is 4.33. The lowest BCUT2D eigenvalue weighted by molar-refractivity contribution is -0.119. The summed E-state index contributed by atoms with van der Waals surface area (Å²) in [6.45, 7) is 4.05. The van der Waals surface area contributed by atoms with E-state index >= 15 is 0 Å². The number of hydrogen-bond acceptors (Lipinski definition) is 5. The first-order chi connectivity index (χ1) is 10.3. The molecule has 3 aliphatic heterocycles. The molecule has 1 aromatic carbocycles. The lowest BCUT2D eigenvalue weighted by Crippen LogP contribution is -2.52. The molecule has 21 heavy (non-hydrogen) atoms. The number of carbonyl (C=O) groups excluding carboxylic acids is 1. The smallest absolute Gasteiger partial charge is 0.241 e. The number of ether oxygens (including phenoxy) is 2. The Labute approximate surface area is 123 Å². The number of amides is 1. The summed E-state index contributed by atoms with van der Waals surface area (Å²) in [4.78, 5) is 14.3. The Morgan fingerprint density at radius 1 is 1.38 bits per heavy atom. The van der Waals surface area contributed by atoms with Gasteiger partial charge < -0.3 is 25.0 Å². The first-order valence-electron chi connectivity index (χ1n) is 7.47. The van der Waals surface area contributed by atoms with Crippen LogP contribution in [0.5, 0.6) is 5.75 Å². The van der Waals surface area contributed by atoms with Crippen LogP contribution in [0.4, 0.5) is 11.4 Å². The number of nitrogens with zero attached hydrogens (tertiary/aromatic N) is 1. The van der Waals surface area contributed by atoms with E-state index < -0.39 is 0 Å². The second kappa shape index (κ2) is 5.20. The van der Waals surface area contributed by atoms with Gasteiger partial charge in [-0.1, -0.05) is 0 Å². The van der Waals surface area contributed by atoms with E-state index in [4.69, 9.17) is 9.47 Å². The number of rotatable bonds is 3. The summed E-state index contributed by atoms with van der Waals surface area (Å²) in [5.74, 6) is 0.869. The van der Waals surface area contributed by atoms with Gasteiger partial charge in [0.25, 0.3) is 0 Å². The molecule has 0 saturated carbocycles. The lowest BCUT2D eigenvalue weighted by Gasteiger charge is -2.41. The van der Waals surface area contributed by atoms with Crippen LogP contribution in [0.1, 0.15) is 6.42 Å². The van der Waals surface area contributed by atoms with Crippen LogP contribution in [0.25, 0.3) is 0 Å². The van der Waals surface area contributed by atoms with Gasteiger partial charge in [0.15, 0.2) is 0 Å². The Morgan fingerprint density at radius 3 is 2.90 bits per heavy atom. The first-order valence-corrected chi connectivity index (χ1v) is 7.47. The van der Waals surface area contributed by atoms with Crippen molar-refractivity contribution in [1.29, 1.82) is 0 Å². The summed E-state index contributed by atoms with van der Waals surface area (Å²) in [6, 6.07) is 6.28. The van der Waals surface area contributed by atoms with E-state index in [9.17, 15) is 4.79 Å². The van der Waals surface area contributed by atoms with Gasteiger partial charge in [-0.2, -0.15) is 0 Å². The van der Waals surface area contributed by atoms with Gasteiger partial charge in [-0.15, -0.1) is 0 Å². The van der Waals surface area contributed by atoms with E-state index in [-0.39, 0.29) is 11.9 Å². The molecule has 1 unspecified atom stereocenters. The number of benzene rings is 1. The Kier molecular flexibility index (Phi) is 3.20. The number of fused-ring (bicyclic) bond motifs is 1. The van der Waals surface area contributed by atoms with Gasteiger partial charge >= 0.3 is 0 Å². The molecule has 1 atom stereocenters. The van der Waals surface area contributed by atoms with Crippen molar-refractivity contribution in [2.24, 2.45) is 0 Å². The zero-order valence-corrected chi connectivity index (χ0v) is 11.8. The standard InChI is InChI=1S/C15H19N3O3/c19-15(12-3-4-16-12)17-10-1-2-13-14(7-10)21-6-5-18(13)11-8-20-9-11/h1-2,7,11-12,16H,3-6,8-9H2,(H,17,19). The number of carbonyl (C=O) groups is 1. The highest BCUT2D eigenvalue weighted by atomic mass is 16.5. The Morgan fingerprint density at radius 2 is 2.24 bits per heavy atom. The zero-order valence-electron chi connectivity index (χ0n) is 11.8. The minimum Gasteiger partial charge on any atom is -0.489 e. The van der Waals surface area contributed by atoms with E-state index in [2.05, 4.69) is 15.5 Å². The summed E-state index contributed by atoms with van der Waals surface area (Å²) < 4.78 is 11.0. The molecular weight excluding hydrogens is 270 g/mol. The molecule has 3 aliphatic rings. The van der Waals surface area contributed by atoms with E-state index in [1.165, 1.54) is 0 Å². The number of nitrogens with one attached hydrogen (secondary N) is 2. The van der Waals surface area contributed by atoms with Crippen molar-refractivity contribution < 1.29 is 14.3 Å². The highest BCUT2D eigenvalue weighted by molar-refractivity contribution is 5.95. The predicted octanol–water partition coefficient (Wildman–Crippen LogP) is 0.585. The van der Waals surface area contributed by atoms with Gasteiger partial charge in [0.2, 0.25) is 5.91 Å². The van der Waals surface area contributed by atoms with E-state index in [1.54, 1.807) is 0 Å². The van der Waals surface area contributed by atoms with Crippen LogP contribution in [0, 0.1) is 0 Å². The predicted molar refractivity (Wildman–Crippen MR) is 78.9 cm³/mol. The van der Waals surface area contributed by atoms with Crippen molar-refractivity contribution in [3.63, 3.8) is 0 Å². The maximum atomic E-state index is 11.9. The monoisotopic (exact) mass is 289 g/mol. The maximum Gasteiger partial charge on any atom is 0.241 e. The van der Waals surface area contributed by atoms with Crippen LogP contribution in [0.2, 0.25) is 0 Å². The van der Waals surface area contributed by atoms with Crippen molar-refractivity contribution in [3.05, 3.63) is 18.2 Å². The van der Waals surface area contributed by atoms with Gasteiger partial charge in [0.1, 0.15) is 12.4 Å². The quantitative estimate of drug-likeness (QED) is 0.852. The summed E-state index contributed by atoms with van der Waals surface area (Å²) in [6.07, 6.45) is 0.905. The summed E-state index contributed by atoms with van der Waals surface area (Å²) in [5, 5.41) is 6.04. The topological polar surface area (TPSA) is 62.8 Å². The van der Waals surface area contributed by atoms with Crippen LogP contribution in [0.3, 0.4) is 0 Å². The summed E-state index contributed by atoms with van der Waals surface area (Å²) >= 11 is 0. The largest absolute Gasteiger partial charge is 0.489 e. The average Bonchev–Trinajstić information content (AvgIpc) is 2.34. The van der Waals surface area contributed by atoms with Crippen LogP contribution < -0.4 is 20.3 Å². The molecule has 2 saturated heterocycles. The highest BCUT2D eigenvalue weighted by Crippen LogP contribution is 2.36. The molecule has 0 aliphatic carbocycles. The van der Waals surface area contributed by atoms with E-state index in [1.807, 2.05) is 18.2 Å². The van der Waals surface area contributed by atoms with Crippen molar-refractivity contribution in [2.45, 2.75) is 18.5 Å². The average molecular weight is 289 g/mol. The number of anilines is 2. The van der Waals surface area contributed by atoms with Crippen LogP contribution in [0.15, 0.2) is 18.2 Å². The summed E-state index contributed by atoms with van der Waals surface area (Å²) in [7, 11) is 0. The van der Waals surface area contributed by atoms with Crippen molar-refractivity contribution >= 4 is 17.3 Å². The Hall–Kier alpha value is -1.79. The van der Waals surface area contributed by atoms with Gasteiger partial charge in [0.05, 0.1) is 37.5 Å². The highest BCUT2D eigenvalue weighted by Gasteiger charge is 2.30. The molecule has 112 valence electrons. The molecule has 0 bridgehead atoms. The second-order valence-corrected chi connectivity index (χ2v) is 5.70. The molecule has 2 fully saturated rings. The number of hydrogen-bond donors (Lipinski definition) is 2. The van der Waals surface area contributed by atoms with Gasteiger partial charge in [-0.3, -0.25) is 4.79 Å². The molecule has 3 heterocycles. The fourth-order valence-electron chi connectivity index (χ4n) is 2.84. The summed E-state index contributed by atoms with van der Waals surface area (Å²) in [5.41, 5.74) is 1.88. The lowest BCUT2D eigenvalue weighted by atomic mass is 10.1. The van der Waals surface area contributed by atoms with E-state index in [0.29, 0.717) is 12.6 Å². The van der Waals surface area contributed by atoms with Gasteiger partial charge in [0, 0.05) is 11.8 Å². The van der Waals surface area contributed by atoms with Crippen LogP contribution in [-0.4, -0.2) is 50.9 Å². The van der Waals surface area contributed by atoms with Crippen molar-refractivity contribution in [2.75, 3.05) is 43.1 Å². The molecule has 0 aromatic heterocycles. The Balaban J connectivity index is 1.51. The molecule has 0 radical (unpaired) electrons. The van der Waals surface area contributed by atoms with Gasteiger partial charge in [-0.25, -0.2) is 0 Å².